The first-order valence-electron chi connectivity index (χ1n) is 6.76. The lowest BCUT2D eigenvalue weighted by atomic mass is 9.74. The molecular weight excluding hydrogens is 264 g/mol. The molecule has 108 valence electrons. The van der Waals surface area contributed by atoms with Gasteiger partial charge < -0.3 is 10.0 Å². The second kappa shape index (κ2) is 5.71. The minimum atomic E-state index is -0.777. The average Bonchev–Trinajstić information content (AvgIpc) is 2.91. The van der Waals surface area contributed by atoms with E-state index in [2.05, 4.69) is 5.32 Å². The molecule has 19 heavy (non-hydrogen) atoms. The molecule has 2 rings (SSSR count). The Labute approximate surface area is 118 Å². The highest BCUT2D eigenvalue weighted by molar-refractivity contribution is 7.99. The van der Waals surface area contributed by atoms with Gasteiger partial charge in [0.05, 0.1) is 11.5 Å². The summed E-state index contributed by atoms with van der Waals surface area (Å²) >= 11 is 1.73. The molecular formula is C13H22N2O3S. The molecule has 0 spiro atoms. The van der Waals surface area contributed by atoms with Crippen LogP contribution in [0.1, 0.15) is 26.7 Å². The van der Waals surface area contributed by atoms with Crippen molar-refractivity contribution < 1.29 is 14.7 Å². The maximum absolute atomic E-state index is 12.3. The molecule has 0 aromatic carbocycles. The molecule has 2 atom stereocenters. The van der Waals surface area contributed by atoms with Crippen LogP contribution in [0.15, 0.2) is 0 Å². The maximum atomic E-state index is 12.3. The topological polar surface area (TPSA) is 69.6 Å². The molecule has 2 N–H and O–H groups in total. The lowest BCUT2D eigenvalue weighted by molar-refractivity contribution is -0.153. The van der Waals surface area contributed by atoms with E-state index in [1.807, 2.05) is 4.90 Å². The number of carbonyl (C=O) groups is 2. The van der Waals surface area contributed by atoms with Gasteiger partial charge in [-0.05, 0) is 32.6 Å². The Hall–Kier alpha value is -0.750. The number of rotatable bonds is 3. The number of hydrogen-bond donors (Lipinski definition) is 2. The van der Waals surface area contributed by atoms with Gasteiger partial charge in [0.1, 0.15) is 0 Å². The van der Waals surface area contributed by atoms with E-state index >= 15 is 0 Å². The minimum Gasteiger partial charge on any atom is -0.481 e. The van der Waals surface area contributed by atoms with Crippen LogP contribution in [0.4, 0.5) is 0 Å². The fraction of sp³-hybridized carbons (Fsp3) is 0.846. The normalized spacial score (nSPS) is 28.4. The van der Waals surface area contributed by atoms with E-state index in [4.69, 9.17) is 0 Å². The highest BCUT2D eigenvalue weighted by atomic mass is 32.2. The first kappa shape index (κ1) is 14.7. The van der Waals surface area contributed by atoms with Crippen LogP contribution in [0, 0.1) is 11.3 Å². The van der Waals surface area contributed by atoms with Gasteiger partial charge in [-0.3, -0.25) is 14.9 Å². The van der Waals surface area contributed by atoms with E-state index in [0.717, 1.165) is 31.0 Å². The number of hydrogen-bond acceptors (Lipinski definition) is 4. The molecule has 2 unspecified atom stereocenters. The van der Waals surface area contributed by atoms with E-state index in [9.17, 15) is 14.7 Å². The summed E-state index contributed by atoms with van der Waals surface area (Å²) in [6.07, 6.45) is 1.78. The van der Waals surface area contributed by atoms with Crippen LogP contribution in [0.3, 0.4) is 0 Å². The summed E-state index contributed by atoms with van der Waals surface area (Å²) in [5.74, 6) is 1.05. The van der Waals surface area contributed by atoms with E-state index in [1.165, 1.54) is 0 Å². The smallest absolute Gasteiger partial charge is 0.309 e. The zero-order valence-electron chi connectivity index (χ0n) is 11.5. The molecule has 2 aliphatic heterocycles. The number of carboxylic acid groups (broad SMARTS) is 1. The summed E-state index contributed by atoms with van der Waals surface area (Å²) in [4.78, 5) is 25.5. The van der Waals surface area contributed by atoms with Crippen molar-refractivity contribution in [2.24, 2.45) is 11.3 Å². The SMILES string of the molecule is CC(C)(C(=O)O)C1CCCN(C(=O)C2CSCN2)C1. The van der Waals surface area contributed by atoms with Gasteiger partial charge in [0, 0.05) is 24.7 Å². The number of piperidine rings is 1. The third kappa shape index (κ3) is 3.05. The Bertz CT molecular complexity index is 367. The second-order valence-electron chi connectivity index (χ2n) is 5.92. The summed E-state index contributed by atoms with van der Waals surface area (Å²) in [5.41, 5.74) is -0.767. The number of nitrogens with one attached hydrogen (secondary N) is 1. The molecule has 0 aromatic heterocycles. The number of carbonyl (C=O) groups excluding carboxylic acids is 1. The first-order valence-corrected chi connectivity index (χ1v) is 7.91. The fourth-order valence-electron chi connectivity index (χ4n) is 2.72. The molecule has 2 saturated heterocycles. The predicted molar refractivity (Wildman–Crippen MR) is 75.0 cm³/mol. The predicted octanol–water partition coefficient (Wildman–Crippen LogP) is 0.998. The quantitative estimate of drug-likeness (QED) is 0.810. The van der Waals surface area contributed by atoms with Crippen molar-refractivity contribution in [1.29, 1.82) is 0 Å². The van der Waals surface area contributed by atoms with Gasteiger partial charge in [-0.15, -0.1) is 11.8 Å². The van der Waals surface area contributed by atoms with Crippen LogP contribution < -0.4 is 5.32 Å². The number of thioether (sulfide) groups is 1. The van der Waals surface area contributed by atoms with Gasteiger partial charge in [-0.1, -0.05) is 0 Å². The van der Waals surface area contributed by atoms with Gasteiger partial charge in [-0.2, -0.15) is 0 Å². The van der Waals surface area contributed by atoms with Crippen LogP contribution in [-0.4, -0.2) is 52.6 Å². The van der Waals surface area contributed by atoms with Crippen molar-refractivity contribution >= 4 is 23.6 Å². The largest absolute Gasteiger partial charge is 0.481 e. The summed E-state index contributed by atoms with van der Waals surface area (Å²) in [7, 11) is 0. The zero-order chi connectivity index (χ0) is 14.0. The summed E-state index contributed by atoms with van der Waals surface area (Å²) in [6.45, 7) is 4.85. The molecule has 0 aromatic rings. The van der Waals surface area contributed by atoms with Crippen LogP contribution >= 0.6 is 11.8 Å². The van der Waals surface area contributed by atoms with Crippen molar-refractivity contribution in [3.05, 3.63) is 0 Å². The highest BCUT2D eigenvalue weighted by Crippen LogP contribution is 2.34. The Kier molecular flexibility index (Phi) is 4.40. The second-order valence-corrected chi connectivity index (χ2v) is 6.95. The first-order chi connectivity index (χ1) is 8.93. The Morgan fingerprint density at radius 3 is 2.74 bits per heavy atom. The van der Waals surface area contributed by atoms with Gasteiger partial charge in [0.2, 0.25) is 5.91 Å². The third-order valence-corrected chi connectivity index (χ3v) is 5.26. The van der Waals surface area contributed by atoms with Gasteiger partial charge in [0.25, 0.3) is 0 Å². The Morgan fingerprint density at radius 2 is 2.16 bits per heavy atom. The number of likely N-dealkylation sites (tertiary alicyclic amines) is 1. The molecule has 6 heteroatoms. The Balaban J connectivity index is 2.00. The summed E-state index contributed by atoms with van der Waals surface area (Å²) in [5, 5.41) is 12.5. The molecule has 0 aliphatic carbocycles. The minimum absolute atomic E-state index is 0.0387. The van der Waals surface area contributed by atoms with Gasteiger partial charge in [-0.25, -0.2) is 0 Å². The third-order valence-electron chi connectivity index (χ3n) is 4.32. The summed E-state index contributed by atoms with van der Waals surface area (Å²) in [6, 6.07) is -0.0864. The standard InChI is InChI=1S/C13H22N2O3S/c1-13(2,12(17)18)9-4-3-5-15(6-9)11(16)10-7-19-8-14-10/h9-10,14H,3-8H2,1-2H3,(H,17,18). The molecule has 2 fully saturated rings. The van der Waals surface area contributed by atoms with Crippen molar-refractivity contribution in [2.75, 3.05) is 24.7 Å². The van der Waals surface area contributed by atoms with Crippen molar-refractivity contribution in [3.8, 4) is 0 Å². The molecule has 0 radical (unpaired) electrons. The number of nitrogens with zero attached hydrogens (tertiary/aromatic N) is 1. The number of amides is 1. The molecule has 0 bridgehead atoms. The van der Waals surface area contributed by atoms with Gasteiger partial charge in [0.15, 0.2) is 0 Å². The molecule has 2 aliphatic rings. The lowest BCUT2D eigenvalue weighted by Gasteiger charge is -2.40. The van der Waals surface area contributed by atoms with Crippen LogP contribution in [0.25, 0.3) is 0 Å². The van der Waals surface area contributed by atoms with E-state index < -0.39 is 11.4 Å². The van der Waals surface area contributed by atoms with E-state index in [-0.39, 0.29) is 17.9 Å². The van der Waals surface area contributed by atoms with Crippen molar-refractivity contribution in [3.63, 3.8) is 0 Å². The van der Waals surface area contributed by atoms with Crippen LogP contribution in [0.5, 0.6) is 0 Å². The monoisotopic (exact) mass is 286 g/mol. The molecule has 2 heterocycles. The van der Waals surface area contributed by atoms with Crippen LogP contribution in [-0.2, 0) is 9.59 Å². The Morgan fingerprint density at radius 1 is 1.42 bits per heavy atom. The van der Waals surface area contributed by atoms with E-state index in [0.29, 0.717) is 6.54 Å². The van der Waals surface area contributed by atoms with Gasteiger partial charge >= 0.3 is 5.97 Å². The molecule has 5 nitrogen and oxygen atoms in total. The fourth-order valence-corrected chi connectivity index (χ4v) is 3.65. The maximum Gasteiger partial charge on any atom is 0.309 e. The number of carboxylic acids is 1. The highest BCUT2D eigenvalue weighted by Gasteiger charge is 2.41. The van der Waals surface area contributed by atoms with Crippen molar-refractivity contribution in [1.82, 2.24) is 10.2 Å². The molecule has 0 saturated carbocycles. The van der Waals surface area contributed by atoms with Crippen molar-refractivity contribution in [2.45, 2.75) is 32.7 Å². The zero-order valence-corrected chi connectivity index (χ0v) is 12.3. The number of aliphatic carboxylic acids is 1. The average molecular weight is 286 g/mol. The molecule has 1 amide bonds. The van der Waals surface area contributed by atoms with E-state index in [1.54, 1.807) is 25.6 Å². The summed E-state index contributed by atoms with van der Waals surface area (Å²) < 4.78 is 0. The van der Waals surface area contributed by atoms with Crippen LogP contribution in [0.2, 0.25) is 0 Å². The lowest BCUT2D eigenvalue weighted by Crippen LogP contribution is -2.51.